The van der Waals surface area contributed by atoms with E-state index in [-0.39, 0.29) is 42.4 Å². The van der Waals surface area contributed by atoms with Crippen molar-refractivity contribution in [3.63, 3.8) is 0 Å². The molecule has 1 atom stereocenters. The number of nitrogens with zero attached hydrogens (tertiary/aromatic N) is 4. The van der Waals surface area contributed by atoms with Gasteiger partial charge in [-0.1, -0.05) is 5.16 Å². The van der Waals surface area contributed by atoms with Crippen LogP contribution in [0.4, 0.5) is 9.18 Å². The topological polar surface area (TPSA) is 106 Å². The van der Waals surface area contributed by atoms with E-state index in [9.17, 15) is 17.6 Å². The van der Waals surface area contributed by atoms with Gasteiger partial charge in [0.2, 0.25) is 11.7 Å². The van der Waals surface area contributed by atoms with Gasteiger partial charge < -0.3 is 19.1 Å². The Morgan fingerprint density at radius 3 is 2.53 bits per heavy atom. The molecule has 11 heteroatoms. The van der Waals surface area contributed by atoms with Crippen LogP contribution in [-0.2, 0) is 14.6 Å². The summed E-state index contributed by atoms with van der Waals surface area (Å²) in [6, 6.07) is 5.51. The first-order valence-electron chi connectivity index (χ1n) is 9.83. The zero-order valence-corrected chi connectivity index (χ0v) is 17.0. The molecule has 0 N–H and O–H groups in total. The molecule has 30 heavy (non-hydrogen) atoms. The van der Waals surface area contributed by atoms with E-state index in [0.717, 1.165) is 0 Å². The highest BCUT2D eigenvalue weighted by Gasteiger charge is 2.65. The maximum atomic E-state index is 13.2. The molecule has 4 heterocycles. The monoisotopic (exact) mass is 436 g/mol. The van der Waals surface area contributed by atoms with Gasteiger partial charge in [0.15, 0.2) is 9.84 Å². The van der Waals surface area contributed by atoms with Crippen molar-refractivity contribution in [2.45, 2.75) is 17.1 Å². The largest absolute Gasteiger partial charge is 0.378 e. The van der Waals surface area contributed by atoms with Crippen LogP contribution in [0.2, 0.25) is 0 Å². The second-order valence-electron chi connectivity index (χ2n) is 7.93. The Morgan fingerprint density at radius 2 is 1.83 bits per heavy atom. The number of carbonyl (C=O) groups is 1. The fourth-order valence-corrected chi connectivity index (χ4v) is 6.81. The van der Waals surface area contributed by atoms with Gasteiger partial charge in [-0.3, -0.25) is 0 Å². The van der Waals surface area contributed by atoms with Crippen LogP contribution in [0, 0.1) is 5.82 Å². The Balaban J connectivity index is 1.37. The molecule has 3 aliphatic rings. The van der Waals surface area contributed by atoms with Gasteiger partial charge in [0, 0.05) is 31.7 Å². The highest BCUT2D eigenvalue weighted by atomic mass is 32.2. The van der Waals surface area contributed by atoms with Gasteiger partial charge in [0.25, 0.3) is 0 Å². The normalized spacial score (nSPS) is 24.8. The van der Waals surface area contributed by atoms with Gasteiger partial charge in [0.05, 0.1) is 24.9 Å². The summed E-state index contributed by atoms with van der Waals surface area (Å²) in [5.74, 6) is -0.300. The molecule has 1 spiro atoms. The number of sulfone groups is 1. The van der Waals surface area contributed by atoms with Gasteiger partial charge in [-0.25, -0.2) is 17.6 Å². The van der Waals surface area contributed by atoms with Crippen LogP contribution in [0.5, 0.6) is 0 Å². The molecule has 1 aromatic heterocycles. The average Bonchev–Trinajstić information content (AvgIpc) is 3.29. The molecule has 5 rings (SSSR count). The van der Waals surface area contributed by atoms with Crippen molar-refractivity contribution in [3.8, 4) is 11.4 Å². The summed E-state index contributed by atoms with van der Waals surface area (Å²) in [6.07, 6.45) is 0.368. The molecule has 0 bridgehead atoms. The van der Waals surface area contributed by atoms with Gasteiger partial charge in [-0.15, -0.1) is 0 Å². The number of hydrogen-bond donors (Lipinski definition) is 0. The minimum Gasteiger partial charge on any atom is -0.378 e. The molecule has 3 saturated heterocycles. The lowest BCUT2D eigenvalue weighted by atomic mass is 9.83. The van der Waals surface area contributed by atoms with Crippen molar-refractivity contribution >= 4 is 15.9 Å². The standard InChI is InChI=1S/C19H21FN4O5S/c20-14-3-1-13(2-4-14)16-21-17(29-22-16)15-5-10-30(26,27)19(15)11-24(12-19)18(25)23-6-8-28-9-7-23/h1-4,15H,5-12H2. The average molecular weight is 436 g/mol. The first kappa shape index (κ1) is 19.4. The van der Waals surface area contributed by atoms with Crippen molar-refractivity contribution in [1.82, 2.24) is 19.9 Å². The van der Waals surface area contributed by atoms with Crippen LogP contribution < -0.4 is 0 Å². The van der Waals surface area contributed by atoms with Crippen LogP contribution in [0.15, 0.2) is 28.8 Å². The quantitative estimate of drug-likeness (QED) is 0.698. The summed E-state index contributed by atoms with van der Waals surface area (Å²) in [5, 5.41) is 3.95. The number of urea groups is 1. The fourth-order valence-electron chi connectivity index (χ4n) is 4.50. The van der Waals surface area contributed by atoms with Gasteiger partial charge in [0.1, 0.15) is 10.6 Å². The van der Waals surface area contributed by atoms with E-state index < -0.39 is 20.5 Å². The maximum Gasteiger partial charge on any atom is 0.320 e. The third-order valence-corrected chi connectivity index (χ3v) is 8.80. The Bertz CT molecular complexity index is 1060. The third-order valence-electron chi connectivity index (χ3n) is 6.24. The number of rotatable bonds is 2. The molecule has 3 fully saturated rings. The molecule has 1 unspecified atom stereocenters. The summed E-state index contributed by atoms with van der Waals surface area (Å²) in [6.45, 7) is 2.21. The first-order valence-corrected chi connectivity index (χ1v) is 11.5. The van der Waals surface area contributed by atoms with Gasteiger partial charge in [-0.05, 0) is 30.7 Å². The number of morpholine rings is 1. The van der Waals surface area contributed by atoms with Crippen molar-refractivity contribution < 1.29 is 26.9 Å². The number of aromatic nitrogens is 2. The smallest absolute Gasteiger partial charge is 0.320 e. The Morgan fingerprint density at radius 1 is 1.13 bits per heavy atom. The van der Waals surface area contributed by atoms with Crippen LogP contribution in [0.25, 0.3) is 11.4 Å². The first-order chi connectivity index (χ1) is 14.4. The molecule has 2 amide bonds. The molecule has 0 aliphatic carbocycles. The van der Waals surface area contributed by atoms with E-state index in [4.69, 9.17) is 9.26 Å². The molecule has 160 valence electrons. The molecule has 0 saturated carbocycles. The van der Waals surface area contributed by atoms with E-state index in [1.54, 1.807) is 9.80 Å². The van der Waals surface area contributed by atoms with E-state index in [0.29, 0.717) is 38.3 Å². The molecule has 0 radical (unpaired) electrons. The molecule has 2 aromatic rings. The van der Waals surface area contributed by atoms with E-state index in [1.165, 1.54) is 24.3 Å². The minimum absolute atomic E-state index is 0.0194. The number of halogens is 1. The fraction of sp³-hybridized carbons (Fsp3) is 0.526. The Hall–Kier alpha value is -2.53. The third kappa shape index (κ3) is 2.99. The number of hydrogen-bond acceptors (Lipinski definition) is 7. The summed E-state index contributed by atoms with van der Waals surface area (Å²) < 4.78 is 48.6. The SMILES string of the molecule is O=C(N1CCOCC1)N1CC2(C1)C(c1nc(-c3ccc(F)cc3)no1)CCS2(=O)=O. The summed E-state index contributed by atoms with van der Waals surface area (Å²) in [4.78, 5) is 20.4. The summed E-state index contributed by atoms with van der Waals surface area (Å²) in [5.41, 5.74) is 0.582. The highest BCUT2D eigenvalue weighted by Crippen LogP contribution is 2.49. The van der Waals surface area contributed by atoms with Crippen LogP contribution in [0.1, 0.15) is 18.2 Å². The van der Waals surface area contributed by atoms with Crippen LogP contribution in [-0.4, -0.2) is 84.3 Å². The number of likely N-dealkylation sites (tertiary alicyclic amines) is 1. The summed E-state index contributed by atoms with van der Waals surface area (Å²) in [7, 11) is -3.42. The number of carbonyl (C=O) groups excluding carboxylic acids is 1. The van der Waals surface area contributed by atoms with Crippen LogP contribution >= 0.6 is 0 Å². The van der Waals surface area contributed by atoms with Gasteiger partial charge >= 0.3 is 6.03 Å². The zero-order valence-electron chi connectivity index (χ0n) is 16.2. The zero-order chi connectivity index (χ0) is 20.9. The number of amides is 2. The minimum atomic E-state index is -3.42. The van der Waals surface area contributed by atoms with E-state index in [2.05, 4.69) is 10.1 Å². The second-order valence-corrected chi connectivity index (χ2v) is 10.4. The number of ether oxygens (including phenoxy) is 1. The second kappa shape index (κ2) is 7.02. The Kier molecular flexibility index (Phi) is 4.55. The van der Waals surface area contributed by atoms with Crippen molar-refractivity contribution in [3.05, 3.63) is 36.0 Å². The number of benzene rings is 1. The lowest BCUT2D eigenvalue weighted by Gasteiger charge is -2.50. The molecular formula is C19H21FN4O5S. The maximum absolute atomic E-state index is 13.2. The lowest BCUT2D eigenvalue weighted by molar-refractivity contribution is 0.0293. The predicted molar refractivity (Wildman–Crippen MR) is 103 cm³/mol. The van der Waals surface area contributed by atoms with Crippen molar-refractivity contribution in [2.24, 2.45) is 0 Å². The van der Waals surface area contributed by atoms with Crippen LogP contribution in [0.3, 0.4) is 0 Å². The molecule has 1 aromatic carbocycles. The molecule has 3 aliphatic heterocycles. The summed E-state index contributed by atoms with van der Waals surface area (Å²) >= 11 is 0. The predicted octanol–water partition coefficient (Wildman–Crippen LogP) is 1.28. The van der Waals surface area contributed by atoms with Crippen molar-refractivity contribution in [2.75, 3.05) is 45.1 Å². The molecule has 9 nitrogen and oxygen atoms in total. The Labute approximate surface area is 172 Å². The van der Waals surface area contributed by atoms with E-state index >= 15 is 0 Å². The van der Waals surface area contributed by atoms with Gasteiger partial charge in [-0.2, -0.15) is 4.98 Å². The lowest BCUT2D eigenvalue weighted by Crippen LogP contribution is -2.69. The highest BCUT2D eigenvalue weighted by molar-refractivity contribution is 7.93. The van der Waals surface area contributed by atoms with E-state index in [1.807, 2.05) is 0 Å². The van der Waals surface area contributed by atoms with Crippen molar-refractivity contribution in [1.29, 1.82) is 0 Å². The molecular weight excluding hydrogens is 415 g/mol.